The Labute approximate surface area is 430 Å². The fraction of sp³-hybridized carbons (Fsp3) is 0.561. The van der Waals surface area contributed by atoms with Crippen molar-refractivity contribution in [3.63, 3.8) is 0 Å². The van der Waals surface area contributed by atoms with Gasteiger partial charge in [0, 0.05) is 82.6 Å². The van der Waals surface area contributed by atoms with Crippen LogP contribution in [0, 0.1) is 36.9 Å². The van der Waals surface area contributed by atoms with Crippen molar-refractivity contribution >= 4 is 71.2 Å². The number of aliphatic carboxylic acids is 5. The van der Waals surface area contributed by atoms with E-state index in [0.717, 1.165) is 4.90 Å². The van der Waals surface area contributed by atoms with E-state index in [1.54, 1.807) is 30.3 Å². The van der Waals surface area contributed by atoms with Gasteiger partial charge in [-0.3, -0.25) is 72.4 Å². The molecule has 0 aliphatic carbocycles. The number of benzene rings is 1. The maximum absolute atomic E-state index is 14.0. The van der Waals surface area contributed by atoms with Crippen LogP contribution in [0.15, 0.2) is 35.3 Å². The van der Waals surface area contributed by atoms with Crippen LogP contribution in [-0.4, -0.2) is 214 Å². The fourth-order valence-corrected chi connectivity index (χ4v) is 6.83. The first-order valence-electron chi connectivity index (χ1n) is 21.7. The van der Waals surface area contributed by atoms with E-state index in [0.29, 0.717) is 5.56 Å². The zero-order valence-electron chi connectivity index (χ0n) is 38.1. The third-order valence-electron chi connectivity index (χ3n) is 10.1. The maximum atomic E-state index is 14.0. The molecule has 397 valence electrons. The van der Waals surface area contributed by atoms with Crippen LogP contribution < -0.4 is 43.4 Å². The van der Waals surface area contributed by atoms with Crippen molar-refractivity contribution in [2.24, 2.45) is 16.5 Å². The van der Waals surface area contributed by atoms with E-state index in [-0.39, 0.29) is 121 Å². The van der Waals surface area contributed by atoms with Gasteiger partial charge in [-0.05, 0) is 37.7 Å². The predicted molar refractivity (Wildman–Crippen MR) is 240 cm³/mol. The Morgan fingerprint density at radius 1 is 0.586 bits per heavy atom. The quantitative estimate of drug-likeness (QED) is 0.0202. The number of aliphatic imine (C=N–C) groups is 1. The molecule has 6 amide bonds. The van der Waals surface area contributed by atoms with Crippen LogP contribution in [0.3, 0.4) is 0 Å². The number of carbonyl (C=O) groups excluding carboxylic acids is 6. The summed E-state index contributed by atoms with van der Waals surface area (Å²) in [5, 5.41) is 61.6. The SMILES string of the molecule is NC(N)=NCCC[C@@H]1NC(=O)[C@H](CCCCNC(=O)CN(CCN(CCN(CC(=O)O)CC(=O)O)CC(=O)O)CC(=O)O)NC(=O)[C@@H](Cc2ccccc2)NC(=O)[C@H](CC(=O)O)NC(=O)CNC1=O.[177Lu]. The first-order chi connectivity index (χ1) is 32.6. The number of nitrogens with zero attached hydrogens (tertiary/aromatic N) is 4. The number of hydrogen-bond donors (Lipinski definition) is 13. The van der Waals surface area contributed by atoms with E-state index >= 15 is 0 Å². The Bertz CT molecular complexity index is 1980. The molecule has 1 aromatic rings. The molecule has 4 atom stereocenters. The van der Waals surface area contributed by atoms with Gasteiger partial charge in [0.1, 0.15) is 24.2 Å². The summed E-state index contributed by atoms with van der Waals surface area (Å²) in [6, 6.07) is 2.65. The fourth-order valence-electron chi connectivity index (χ4n) is 6.83. The van der Waals surface area contributed by atoms with Crippen LogP contribution in [0.4, 0.5) is 0 Å². The molecule has 1 radical (unpaired) electrons. The molecule has 1 aromatic carbocycles. The smallest absolute Gasteiger partial charge is 0.317 e. The summed E-state index contributed by atoms with van der Waals surface area (Å²) in [6.07, 6.45) is -0.636. The minimum Gasteiger partial charge on any atom is -0.481 e. The van der Waals surface area contributed by atoms with Gasteiger partial charge in [0.2, 0.25) is 35.4 Å². The molecule has 1 saturated heterocycles. The zero-order chi connectivity index (χ0) is 51.5. The number of carboxylic acid groups (broad SMARTS) is 5. The minimum absolute atomic E-state index is 0. The van der Waals surface area contributed by atoms with Gasteiger partial charge in [0.05, 0.1) is 45.7 Å². The number of unbranched alkanes of at least 4 members (excludes halogenated alkanes) is 1. The number of hydrogen-bond acceptors (Lipinski definition) is 15. The summed E-state index contributed by atoms with van der Waals surface area (Å²) >= 11 is 0. The third kappa shape index (κ3) is 27.1. The van der Waals surface area contributed by atoms with Crippen molar-refractivity contribution in [3.05, 3.63) is 35.9 Å². The summed E-state index contributed by atoms with van der Waals surface area (Å²) in [5.41, 5.74) is 11.4. The first-order valence-corrected chi connectivity index (χ1v) is 21.7. The molecule has 0 aromatic heterocycles. The van der Waals surface area contributed by atoms with Gasteiger partial charge in [-0.1, -0.05) is 30.3 Å². The Kier molecular flexibility index (Phi) is 29.4. The van der Waals surface area contributed by atoms with Gasteiger partial charge in [0.15, 0.2) is 5.96 Å². The minimum atomic E-state index is -1.67. The normalized spacial score (nSPS) is 17.8. The second-order valence-corrected chi connectivity index (χ2v) is 15.9. The molecule has 29 heteroatoms. The van der Waals surface area contributed by atoms with Crippen molar-refractivity contribution in [2.75, 3.05) is 78.5 Å². The van der Waals surface area contributed by atoms with E-state index in [2.05, 4.69) is 36.9 Å². The van der Waals surface area contributed by atoms with Crippen molar-refractivity contribution in [1.29, 1.82) is 0 Å². The molecule has 0 bridgehead atoms. The Balaban J connectivity index is 0.0000245. The number of rotatable bonds is 29. The second-order valence-electron chi connectivity index (χ2n) is 15.9. The first kappa shape index (κ1) is 61.8. The maximum Gasteiger partial charge on any atom is 0.317 e. The predicted octanol–water partition coefficient (Wildman–Crippen LogP) is -5.64. The monoisotopic (exact) mass is 1160 g/mol. The molecule has 1 aliphatic rings. The van der Waals surface area contributed by atoms with Crippen LogP contribution in [0.25, 0.3) is 0 Å². The molecule has 1 heterocycles. The van der Waals surface area contributed by atoms with E-state index in [9.17, 15) is 68.1 Å². The summed E-state index contributed by atoms with van der Waals surface area (Å²) < 4.78 is 0. The molecule has 0 saturated carbocycles. The number of carbonyl (C=O) groups is 11. The van der Waals surface area contributed by atoms with Crippen LogP contribution in [0.2, 0.25) is 0 Å². The number of nitrogens with two attached hydrogens (primary N) is 2. The van der Waals surface area contributed by atoms with Crippen molar-refractivity contribution < 1.29 is 115 Å². The van der Waals surface area contributed by atoms with E-state index in [1.807, 2.05) is 0 Å². The molecule has 1 aliphatic heterocycles. The zero-order valence-corrected chi connectivity index (χ0v) is 39.7. The molecular formula is C41H62LuN12O16. The van der Waals surface area contributed by atoms with Crippen molar-refractivity contribution in [1.82, 2.24) is 46.6 Å². The third-order valence-corrected chi connectivity index (χ3v) is 10.1. The summed E-state index contributed by atoms with van der Waals surface area (Å²) in [7, 11) is 0. The summed E-state index contributed by atoms with van der Waals surface area (Å²) in [6.45, 7) is -4.02. The van der Waals surface area contributed by atoms with E-state index < -0.39 is 135 Å². The molecule has 70 heavy (non-hydrogen) atoms. The Morgan fingerprint density at radius 2 is 1.06 bits per heavy atom. The number of carboxylic acids is 5. The van der Waals surface area contributed by atoms with E-state index in [4.69, 9.17) is 21.7 Å². The average Bonchev–Trinajstić information content (AvgIpc) is 3.25. The molecule has 28 nitrogen and oxygen atoms in total. The topological polar surface area (TPSA) is 435 Å². The largest absolute Gasteiger partial charge is 0.481 e. The molecular weight excluding hydrogens is 1090 g/mol. The molecule has 1 fully saturated rings. The molecule has 0 unspecified atom stereocenters. The van der Waals surface area contributed by atoms with Crippen LogP contribution in [0.5, 0.6) is 0 Å². The van der Waals surface area contributed by atoms with Gasteiger partial charge in [-0.2, -0.15) is 0 Å². The van der Waals surface area contributed by atoms with Gasteiger partial charge in [-0.25, -0.2) is 0 Å². The number of nitrogens with one attached hydrogen (secondary N) is 6. The molecule has 2 rings (SSSR count). The molecule has 15 N–H and O–H groups in total. The van der Waals surface area contributed by atoms with Gasteiger partial charge < -0.3 is 68.9 Å². The number of amides is 6. The van der Waals surface area contributed by atoms with Crippen LogP contribution in [0.1, 0.15) is 44.1 Å². The second kappa shape index (κ2) is 33.3. The summed E-state index contributed by atoms with van der Waals surface area (Å²) in [5.74, 6) is -12.0. The van der Waals surface area contributed by atoms with Crippen LogP contribution >= 0.6 is 0 Å². The standard InChI is InChI=1S/C41H62N12O16.Lu/c42-41(43)45-12-6-10-26-37(66)46-19-30(54)47-29(18-32(56)57)40(69)50-28(17-25-7-2-1-3-8-25)39(68)49-27(38(67)48-26)9-4-5-11-44-31(55)20-52(22-34(60)61)15-13-51(21-33(58)59)14-16-53(23-35(62)63)24-36(64)65;/h1-3,7-8,26-29H,4-6,9-24H2,(H,44,55)(H,46,66)(H,47,54)(H,48,67)(H,49,68)(H,50,69)(H,56,57)(H,58,59)(H,60,61)(H,62,63)(H,64,65)(H4,42,43,45);/t26-,27-,28+,29-;/m0./s1/i;1+2. The van der Waals surface area contributed by atoms with Gasteiger partial charge in [0.25, 0.3) is 0 Å². The van der Waals surface area contributed by atoms with E-state index in [1.165, 1.54) is 9.80 Å². The molecule has 0 spiro atoms. The Hall–Kier alpha value is -6.23. The Morgan fingerprint density at radius 3 is 1.60 bits per heavy atom. The number of guanidine groups is 1. The summed E-state index contributed by atoms with van der Waals surface area (Å²) in [4.78, 5) is 145. The van der Waals surface area contributed by atoms with Gasteiger partial charge in [-0.15, -0.1) is 0 Å². The average molecular weight is 1160 g/mol. The van der Waals surface area contributed by atoms with Crippen molar-refractivity contribution in [3.8, 4) is 0 Å². The van der Waals surface area contributed by atoms with Crippen LogP contribution in [-0.2, 0) is 59.2 Å². The van der Waals surface area contributed by atoms with Gasteiger partial charge >= 0.3 is 29.8 Å². The van der Waals surface area contributed by atoms with Crippen molar-refractivity contribution in [2.45, 2.75) is 69.1 Å².